The maximum Gasteiger partial charge on any atom is 0.187 e. The number of aromatic nitrogens is 1. The summed E-state index contributed by atoms with van der Waals surface area (Å²) >= 11 is 0. The lowest BCUT2D eigenvalue weighted by atomic mass is 9.96. The average molecular weight is 315 g/mol. The van der Waals surface area contributed by atoms with Gasteiger partial charge in [0.05, 0.1) is 6.57 Å². The quantitative estimate of drug-likeness (QED) is 0.642. The second kappa shape index (κ2) is 6.51. The molecule has 0 saturated heterocycles. The molecule has 3 heteroatoms. The molecule has 0 spiro atoms. The Morgan fingerprint density at radius 3 is 2.83 bits per heavy atom. The summed E-state index contributed by atoms with van der Waals surface area (Å²) in [5.74, 6) is 0.577. The van der Waals surface area contributed by atoms with Gasteiger partial charge in [-0.2, -0.15) is 0 Å². The molecule has 1 aromatic heterocycles. The lowest BCUT2D eigenvalue weighted by Crippen LogP contribution is -2.25. The number of fused-ring (bicyclic) bond motifs is 1. The molecule has 4 rings (SSSR count). The SMILES string of the molecule is [C-]#[N+]c1ccc2[nH]cc(C3CCC(NCc4ccccc4)C3)c2c1. The van der Waals surface area contributed by atoms with Gasteiger partial charge in [0.2, 0.25) is 0 Å². The Balaban J connectivity index is 1.46. The van der Waals surface area contributed by atoms with Gasteiger partial charge in [-0.05, 0) is 53.8 Å². The summed E-state index contributed by atoms with van der Waals surface area (Å²) in [4.78, 5) is 6.94. The van der Waals surface area contributed by atoms with E-state index in [1.165, 1.54) is 35.8 Å². The molecule has 0 bridgehead atoms. The Labute approximate surface area is 142 Å². The van der Waals surface area contributed by atoms with Crippen LogP contribution in [0, 0.1) is 6.57 Å². The van der Waals surface area contributed by atoms with Crippen molar-refractivity contribution in [1.29, 1.82) is 0 Å². The van der Waals surface area contributed by atoms with Crippen molar-refractivity contribution < 1.29 is 0 Å². The first kappa shape index (κ1) is 15.0. The third-order valence-corrected chi connectivity index (χ3v) is 5.14. The zero-order chi connectivity index (χ0) is 16.4. The predicted molar refractivity (Wildman–Crippen MR) is 98.2 cm³/mol. The van der Waals surface area contributed by atoms with Crippen LogP contribution in [0.5, 0.6) is 0 Å². The number of aromatic amines is 1. The lowest BCUT2D eigenvalue weighted by Gasteiger charge is -2.13. The number of hydrogen-bond donors (Lipinski definition) is 2. The van der Waals surface area contributed by atoms with Crippen LogP contribution in [-0.4, -0.2) is 11.0 Å². The van der Waals surface area contributed by atoms with E-state index in [0.29, 0.717) is 12.0 Å². The average Bonchev–Trinajstić information content (AvgIpc) is 3.26. The van der Waals surface area contributed by atoms with E-state index in [1.54, 1.807) is 0 Å². The van der Waals surface area contributed by atoms with Crippen LogP contribution in [0.3, 0.4) is 0 Å². The van der Waals surface area contributed by atoms with Gasteiger partial charge in [0.15, 0.2) is 5.69 Å². The van der Waals surface area contributed by atoms with Crippen molar-refractivity contribution in [3.63, 3.8) is 0 Å². The Kier molecular flexibility index (Phi) is 4.06. The van der Waals surface area contributed by atoms with E-state index in [9.17, 15) is 0 Å². The van der Waals surface area contributed by atoms with Crippen LogP contribution in [0.4, 0.5) is 5.69 Å². The highest BCUT2D eigenvalue weighted by atomic mass is 14.9. The maximum absolute atomic E-state index is 7.23. The number of benzene rings is 2. The Morgan fingerprint density at radius 2 is 2.00 bits per heavy atom. The topological polar surface area (TPSA) is 32.2 Å². The molecule has 24 heavy (non-hydrogen) atoms. The molecule has 2 aromatic carbocycles. The van der Waals surface area contributed by atoms with Crippen molar-refractivity contribution in [3.05, 3.63) is 77.3 Å². The third kappa shape index (κ3) is 2.93. The van der Waals surface area contributed by atoms with E-state index in [1.807, 2.05) is 18.2 Å². The molecule has 1 aliphatic rings. The summed E-state index contributed by atoms with van der Waals surface area (Å²) in [6.07, 6.45) is 5.74. The van der Waals surface area contributed by atoms with E-state index in [2.05, 4.69) is 51.7 Å². The minimum Gasteiger partial charge on any atom is -0.361 e. The molecule has 120 valence electrons. The van der Waals surface area contributed by atoms with Gasteiger partial charge in [0.25, 0.3) is 0 Å². The van der Waals surface area contributed by atoms with Gasteiger partial charge >= 0.3 is 0 Å². The molecular weight excluding hydrogens is 294 g/mol. The van der Waals surface area contributed by atoms with Crippen LogP contribution in [0.15, 0.2) is 54.7 Å². The summed E-state index contributed by atoms with van der Waals surface area (Å²) in [6.45, 7) is 8.16. The monoisotopic (exact) mass is 315 g/mol. The molecule has 1 fully saturated rings. The molecule has 2 atom stereocenters. The van der Waals surface area contributed by atoms with Crippen LogP contribution in [0.1, 0.15) is 36.3 Å². The molecule has 2 N–H and O–H groups in total. The lowest BCUT2D eigenvalue weighted by molar-refractivity contribution is 0.518. The van der Waals surface area contributed by atoms with Crippen LogP contribution < -0.4 is 5.32 Å². The van der Waals surface area contributed by atoms with Crippen molar-refractivity contribution in [2.24, 2.45) is 0 Å². The van der Waals surface area contributed by atoms with Crippen LogP contribution >= 0.6 is 0 Å². The highest BCUT2D eigenvalue weighted by Crippen LogP contribution is 2.39. The largest absolute Gasteiger partial charge is 0.361 e. The Morgan fingerprint density at radius 1 is 1.12 bits per heavy atom. The van der Waals surface area contributed by atoms with E-state index < -0.39 is 0 Å². The Hall–Kier alpha value is -2.57. The van der Waals surface area contributed by atoms with Crippen molar-refractivity contribution in [2.45, 2.75) is 37.8 Å². The van der Waals surface area contributed by atoms with Crippen molar-refractivity contribution in [3.8, 4) is 0 Å². The second-order valence-corrected chi connectivity index (χ2v) is 6.66. The molecular formula is C21H21N3. The summed E-state index contributed by atoms with van der Waals surface area (Å²) in [5, 5.41) is 4.92. The standard InChI is InChI=1S/C21H21N3/c1-22-17-9-10-21-19(12-17)20(14-24-21)16-7-8-18(11-16)23-13-15-5-3-2-4-6-15/h2-6,9-10,12,14,16,18,23-24H,7-8,11,13H2. The van der Waals surface area contributed by atoms with Gasteiger partial charge in [-0.15, -0.1) is 0 Å². The molecule has 1 heterocycles. The maximum atomic E-state index is 7.23. The second-order valence-electron chi connectivity index (χ2n) is 6.66. The van der Waals surface area contributed by atoms with Gasteiger partial charge in [0, 0.05) is 24.3 Å². The fourth-order valence-electron chi connectivity index (χ4n) is 3.84. The van der Waals surface area contributed by atoms with Crippen LogP contribution in [0.2, 0.25) is 0 Å². The first-order chi connectivity index (χ1) is 11.8. The smallest absolute Gasteiger partial charge is 0.187 e. The van der Waals surface area contributed by atoms with E-state index >= 15 is 0 Å². The summed E-state index contributed by atoms with van der Waals surface area (Å²) in [5.41, 5.74) is 4.58. The molecule has 3 aromatic rings. The number of H-pyrrole nitrogens is 1. The zero-order valence-corrected chi connectivity index (χ0v) is 13.6. The molecule has 0 radical (unpaired) electrons. The van der Waals surface area contributed by atoms with Gasteiger partial charge < -0.3 is 10.3 Å². The molecule has 2 unspecified atom stereocenters. The summed E-state index contributed by atoms with van der Waals surface area (Å²) < 4.78 is 0. The Bertz CT molecular complexity index is 873. The molecule has 3 nitrogen and oxygen atoms in total. The van der Waals surface area contributed by atoms with E-state index in [4.69, 9.17) is 6.57 Å². The van der Waals surface area contributed by atoms with Gasteiger partial charge in [-0.1, -0.05) is 36.4 Å². The van der Waals surface area contributed by atoms with E-state index in [0.717, 1.165) is 17.7 Å². The highest BCUT2D eigenvalue weighted by molar-refractivity contribution is 5.87. The number of nitrogens with one attached hydrogen (secondary N) is 2. The predicted octanol–water partition coefficient (Wildman–Crippen LogP) is 5.14. The van der Waals surface area contributed by atoms with Gasteiger partial charge in [-0.3, -0.25) is 0 Å². The highest BCUT2D eigenvalue weighted by Gasteiger charge is 2.27. The van der Waals surface area contributed by atoms with Gasteiger partial charge in [0.1, 0.15) is 0 Å². The zero-order valence-electron chi connectivity index (χ0n) is 13.6. The fourth-order valence-corrected chi connectivity index (χ4v) is 3.84. The molecule has 1 aliphatic carbocycles. The number of nitrogens with zero attached hydrogens (tertiary/aromatic N) is 1. The number of rotatable bonds is 4. The fraction of sp³-hybridized carbons (Fsp3) is 0.286. The van der Waals surface area contributed by atoms with Gasteiger partial charge in [-0.25, -0.2) is 4.85 Å². The molecule has 1 saturated carbocycles. The van der Waals surface area contributed by atoms with Crippen molar-refractivity contribution in [1.82, 2.24) is 10.3 Å². The minimum absolute atomic E-state index is 0.573. The number of hydrogen-bond acceptors (Lipinski definition) is 1. The summed E-state index contributed by atoms with van der Waals surface area (Å²) in [6, 6.07) is 17.1. The van der Waals surface area contributed by atoms with Crippen LogP contribution in [-0.2, 0) is 6.54 Å². The normalized spacial score (nSPS) is 20.3. The first-order valence-electron chi connectivity index (χ1n) is 8.59. The summed E-state index contributed by atoms with van der Waals surface area (Å²) in [7, 11) is 0. The minimum atomic E-state index is 0.573. The van der Waals surface area contributed by atoms with E-state index in [-0.39, 0.29) is 0 Å². The van der Waals surface area contributed by atoms with Crippen molar-refractivity contribution >= 4 is 16.6 Å². The first-order valence-corrected chi connectivity index (χ1v) is 8.59. The van der Waals surface area contributed by atoms with Crippen LogP contribution in [0.25, 0.3) is 15.7 Å². The molecule has 0 aliphatic heterocycles. The van der Waals surface area contributed by atoms with Crippen molar-refractivity contribution in [2.75, 3.05) is 0 Å². The third-order valence-electron chi connectivity index (χ3n) is 5.14. The molecule has 0 amide bonds.